The van der Waals surface area contributed by atoms with Gasteiger partial charge in [-0.3, -0.25) is 0 Å². The number of hydrogen-bond donors (Lipinski definition) is 1. The van der Waals surface area contributed by atoms with Crippen LogP contribution in [0.25, 0.3) is 0 Å². The molecule has 0 bridgehead atoms. The Hall–Kier alpha value is -0.790. The molecule has 0 aromatic carbocycles. The van der Waals surface area contributed by atoms with Gasteiger partial charge in [-0.25, -0.2) is 13.4 Å². The van der Waals surface area contributed by atoms with Crippen LogP contribution in [0.3, 0.4) is 0 Å². The Bertz CT molecular complexity index is 335. The molecule has 0 radical (unpaired) electrons. The monoisotopic (exact) mass is 224 g/mol. The van der Waals surface area contributed by atoms with Crippen molar-refractivity contribution < 1.29 is 22.7 Å². The van der Waals surface area contributed by atoms with Crippen molar-refractivity contribution in [2.24, 2.45) is 0 Å². The summed E-state index contributed by atoms with van der Waals surface area (Å²) in [4.78, 5) is 10.8. The molecule has 0 fully saturated rings. The quantitative estimate of drug-likeness (QED) is 0.622. The zero-order valence-corrected chi connectivity index (χ0v) is 7.86. The van der Waals surface area contributed by atoms with E-state index in [9.17, 15) is 13.4 Å². The highest BCUT2D eigenvalue weighted by Crippen LogP contribution is 2.20. The molecule has 7 heteroatoms. The third-order valence-corrected chi connectivity index (χ3v) is 2.93. The van der Waals surface area contributed by atoms with Crippen molar-refractivity contribution in [2.75, 3.05) is 6.86 Å². The summed E-state index contributed by atoms with van der Waals surface area (Å²) >= 11 is -1.31. The third-order valence-electron chi connectivity index (χ3n) is 1.19. The Morgan fingerprint density at radius 3 is 3.00 bits per heavy atom. The number of carbonyl (C=O) groups excluding carboxylic acids is 1. The van der Waals surface area contributed by atoms with E-state index >= 15 is 0 Å². The fraction of sp³-hybridized carbons (Fsp3) is 0.167. The fourth-order valence-corrected chi connectivity index (χ4v) is 2.25. The molecule has 13 heavy (non-hydrogen) atoms. The molecule has 1 heterocycles. The lowest BCUT2D eigenvalue weighted by atomic mass is 10.5. The number of halogens is 1. The van der Waals surface area contributed by atoms with E-state index in [4.69, 9.17) is 4.55 Å². The van der Waals surface area contributed by atoms with Gasteiger partial charge in [-0.05, 0) is 11.4 Å². The van der Waals surface area contributed by atoms with Crippen LogP contribution in [0, 0.1) is 0 Å². The molecule has 0 spiro atoms. The molecule has 1 unspecified atom stereocenters. The van der Waals surface area contributed by atoms with Crippen molar-refractivity contribution in [2.45, 2.75) is 4.90 Å². The van der Waals surface area contributed by atoms with Gasteiger partial charge in [0.05, 0.1) is 4.90 Å². The maximum Gasteiger partial charge on any atom is 0.351 e. The van der Waals surface area contributed by atoms with E-state index in [2.05, 4.69) is 4.74 Å². The molecule has 4 nitrogen and oxygen atoms in total. The van der Waals surface area contributed by atoms with Crippen LogP contribution in [-0.2, 0) is 15.8 Å². The molecule has 0 saturated heterocycles. The maximum absolute atomic E-state index is 11.6. The first-order chi connectivity index (χ1) is 6.16. The minimum absolute atomic E-state index is 0.0431. The molecular weight excluding hydrogens is 219 g/mol. The first kappa shape index (κ1) is 10.3. The number of alkyl halides is 1. The first-order valence-corrected chi connectivity index (χ1v) is 5.07. The summed E-state index contributed by atoms with van der Waals surface area (Å²) in [6.45, 7) is -1.24. The van der Waals surface area contributed by atoms with Crippen LogP contribution in [0.15, 0.2) is 16.3 Å². The highest BCUT2D eigenvalue weighted by molar-refractivity contribution is 7.79. The number of carbonyl (C=O) groups is 1. The van der Waals surface area contributed by atoms with Gasteiger partial charge in [-0.1, -0.05) is 0 Å². The predicted molar refractivity (Wildman–Crippen MR) is 44.7 cm³/mol. The summed E-state index contributed by atoms with van der Waals surface area (Å²) in [7, 11) is 0. The zero-order chi connectivity index (χ0) is 9.84. The van der Waals surface area contributed by atoms with Crippen molar-refractivity contribution in [1.29, 1.82) is 0 Å². The van der Waals surface area contributed by atoms with E-state index in [1.165, 1.54) is 11.4 Å². The highest BCUT2D eigenvalue weighted by Gasteiger charge is 2.17. The smallest absolute Gasteiger partial charge is 0.351 e. The summed E-state index contributed by atoms with van der Waals surface area (Å²) in [5.41, 5.74) is 0. The van der Waals surface area contributed by atoms with Gasteiger partial charge in [-0.15, -0.1) is 11.3 Å². The van der Waals surface area contributed by atoms with Gasteiger partial charge in [0.15, 0.2) is 11.1 Å². The highest BCUT2D eigenvalue weighted by atomic mass is 32.2. The topological polar surface area (TPSA) is 63.6 Å². The molecule has 1 N–H and O–H groups in total. The van der Waals surface area contributed by atoms with Gasteiger partial charge in [-0.2, -0.15) is 0 Å². The summed E-state index contributed by atoms with van der Waals surface area (Å²) in [6, 6.07) is 1.32. The molecule has 1 atom stereocenters. The Labute approximate surface area is 79.6 Å². The number of rotatable bonds is 3. The van der Waals surface area contributed by atoms with Crippen molar-refractivity contribution in [1.82, 2.24) is 0 Å². The van der Waals surface area contributed by atoms with Gasteiger partial charge in [0.25, 0.3) is 0 Å². The second kappa shape index (κ2) is 4.45. The lowest BCUT2D eigenvalue weighted by molar-refractivity contribution is 0.0326. The van der Waals surface area contributed by atoms with E-state index in [-0.39, 0.29) is 9.77 Å². The number of hydrogen-bond acceptors (Lipinski definition) is 4. The Balaban J connectivity index is 2.93. The molecule has 0 aliphatic heterocycles. The van der Waals surface area contributed by atoms with Crippen LogP contribution in [0.5, 0.6) is 0 Å². The molecule has 0 saturated carbocycles. The average Bonchev–Trinajstić information content (AvgIpc) is 2.52. The second-order valence-corrected chi connectivity index (χ2v) is 3.76. The van der Waals surface area contributed by atoms with Crippen molar-refractivity contribution in [3.8, 4) is 0 Å². The van der Waals surface area contributed by atoms with Gasteiger partial charge in [0, 0.05) is 0 Å². The van der Waals surface area contributed by atoms with Gasteiger partial charge in [0.1, 0.15) is 4.88 Å². The molecule has 0 aliphatic rings. The van der Waals surface area contributed by atoms with Gasteiger partial charge in [0.2, 0.25) is 6.86 Å². The minimum atomic E-state index is -2.25. The molecule has 72 valence electrons. The van der Waals surface area contributed by atoms with Gasteiger partial charge >= 0.3 is 5.97 Å². The van der Waals surface area contributed by atoms with Crippen LogP contribution in [0.1, 0.15) is 9.67 Å². The second-order valence-electron chi connectivity index (χ2n) is 1.90. The van der Waals surface area contributed by atoms with E-state index in [0.717, 1.165) is 11.3 Å². The van der Waals surface area contributed by atoms with Gasteiger partial charge < -0.3 is 9.29 Å². The lowest BCUT2D eigenvalue weighted by Crippen LogP contribution is -2.05. The van der Waals surface area contributed by atoms with Crippen molar-refractivity contribution in [3.05, 3.63) is 16.3 Å². The third kappa shape index (κ3) is 2.33. The summed E-state index contributed by atoms with van der Waals surface area (Å²) in [5.74, 6) is -0.921. The van der Waals surface area contributed by atoms with E-state index in [0.29, 0.717) is 0 Å². The van der Waals surface area contributed by atoms with E-state index < -0.39 is 23.9 Å². The molecule has 0 amide bonds. The van der Waals surface area contributed by atoms with Crippen molar-refractivity contribution >= 4 is 28.4 Å². The number of ether oxygens (including phenoxy) is 1. The Kier molecular flexibility index (Phi) is 3.52. The SMILES string of the molecule is O=C(OCF)c1sccc1S(=O)O. The molecule has 1 rings (SSSR count). The van der Waals surface area contributed by atoms with Crippen molar-refractivity contribution in [3.63, 3.8) is 0 Å². The maximum atomic E-state index is 11.6. The number of thiophene rings is 1. The van der Waals surface area contributed by atoms with Crippen LogP contribution < -0.4 is 0 Å². The van der Waals surface area contributed by atoms with Crippen LogP contribution in [0.4, 0.5) is 4.39 Å². The molecular formula is C6H5FO4S2. The zero-order valence-electron chi connectivity index (χ0n) is 6.23. The van der Waals surface area contributed by atoms with E-state index in [1.54, 1.807) is 0 Å². The fourth-order valence-electron chi connectivity index (χ4n) is 0.699. The lowest BCUT2D eigenvalue weighted by Gasteiger charge is -1.97. The molecule has 1 aromatic rings. The molecule has 1 aromatic heterocycles. The molecule has 0 aliphatic carbocycles. The van der Waals surface area contributed by atoms with Crippen LogP contribution in [0.2, 0.25) is 0 Å². The first-order valence-electron chi connectivity index (χ1n) is 3.08. The van der Waals surface area contributed by atoms with Crippen LogP contribution >= 0.6 is 11.3 Å². The number of esters is 1. The summed E-state index contributed by atoms with van der Waals surface area (Å²) in [5, 5.41) is 1.46. The van der Waals surface area contributed by atoms with Crippen LogP contribution in [-0.4, -0.2) is 21.6 Å². The average molecular weight is 224 g/mol. The standard InChI is InChI=1S/C6H5FO4S2/c7-3-11-6(8)5-4(13(9)10)1-2-12-5/h1-2H,3H2,(H,9,10). The van der Waals surface area contributed by atoms with E-state index in [1.807, 2.05) is 0 Å². The predicted octanol–water partition coefficient (Wildman–Crippen LogP) is 1.41. The minimum Gasteiger partial charge on any atom is -0.430 e. The largest absolute Gasteiger partial charge is 0.430 e. The summed E-state index contributed by atoms with van der Waals surface area (Å²) < 4.78 is 34.9. The normalized spacial score (nSPS) is 12.5. The summed E-state index contributed by atoms with van der Waals surface area (Å²) in [6.07, 6.45) is 0. The Morgan fingerprint density at radius 1 is 1.77 bits per heavy atom. The Morgan fingerprint density at radius 2 is 2.46 bits per heavy atom.